The third-order valence-corrected chi connectivity index (χ3v) is 4.26. The maximum atomic E-state index is 13.7. The lowest BCUT2D eigenvalue weighted by molar-refractivity contribution is 0.0933. The number of amides is 2. The van der Waals surface area contributed by atoms with Crippen molar-refractivity contribution in [2.75, 3.05) is 0 Å². The minimum absolute atomic E-state index is 0.0364. The summed E-state index contributed by atoms with van der Waals surface area (Å²) in [5.41, 5.74) is 1.58. The standard InChI is InChI=1S/C22H20FN3O2/c1-15(16-8-3-2-4-9-16)25-22(28)20-13-7-12-19(26-20)21(27)24-14-17-10-5-6-11-18(17)23/h2-13,15H,14H2,1H3,(H,24,27)(H,25,28). The van der Waals surface area contributed by atoms with Crippen LogP contribution in [0.1, 0.15) is 45.1 Å². The number of hydrogen-bond donors (Lipinski definition) is 2. The van der Waals surface area contributed by atoms with E-state index in [1.54, 1.807) is 30.3 Å². The van der Waals surface area contributed by atoms with Crippen LogP contribution < -0.4 is 10.6 Å². The van der Waals surface area contributed by atoms with E-state index >= 15 is 0 Å². The molecule has 0 bridgehead atoms. The van der Waals surface area contributed by atoms with Gasteiger partial charge in [-0.05, 0) is 30.7 Å². The SMILES string of the molecule is CC(NC(=O)c1cccc(C(=O)NCc2ccccc2F)n1)c1ccccc1. The van der Waals surface area contributed by atoms with Crippen LogP contribution >= 0.6 is 0 Å². The number of aromatic nitrogens is 1. The summed E-state index contributed by atoms with van der Waals surface area (Å²) in [5, 5.41) is 5.48. The molecular weight excluding hydrogens is 357 g/mol. The largest absolute Gasteiger partial charge is 0.347 e. The number of nitrogens with zero attached hydrogens (tertiary/aromatic N) is 1. The Kier molecular flexibility index (Phi) is 6.11. The normalized spacial score (nSPS) is 11.5. The molecule has 1 heterocycles. The summed E-state index contributed by atoms with van der Waals surface area (Å²) >= 11 is 0. The van der Waals surface area contributed by atoms with E-state index in [1.165, 1.54) is 12.1 Å². The lowest BCUT2D eigenvalue weighted by Gasteiger charge is -2.14. The van der Waals surface area contributed by atoms with E-state index in [1.807, 2.05) is 37.3 Å². The number of pyridine rings is 1. The molecular formula is C22H20FN3O2. The highest BCUT2D eigenvalue weighted by Crippen LogP contribution is 2.12. The van der Waals surface area contributed by atoms with Crippen molar-refractivity contribution >= 4 is 11.8 Å². The molecule has 1 atom stereocenters. The maximum Gasteiger partial charge on any atom is 0.270 e. The average molecular weight is 377 g/mol. The van der Waals surface area contributed by atoms with E-state index < -0.39 is 11.7 Å². The Morgan fingerprint density at radius 2 is 1.54 bits per heavy atom. The first kappa shape index (κ1) is 19.2. The molecule has 0 aliphatic rings. The van der Waals surface area contributed by atoms with Crippen LogP contribution in [0.2, 0.25) is 0 Å². The molecule has 3 rings (SSSR count). The fraction of sp³-hybridized carbons (Fsp3) is 0.136. The molecule has 1 unspecified atom stereocenters. The lowest BCUT2D eigenvalue weighted by atomic mass is 10.1. The number of halogens is 1. The van der Waals surface area contributed by atoms with Crippen LogP contribution in [-0.4, -0.2) is 16.8 Å². The van der Waals surface area contributed by atoms with Crippen molar-refractivity contribution in [3.63, 3.8) is 0 Å². The van der Waals surface area contributed by atoms with Gasteiger partial charge in [0.15, 0.2) is 0 Å². The van der Waals surface area contributed by atoms with Crippen molar-refractivity contribution in [1.82, 2.24) is 15.6 Å². The number of carbonyl (C=O) groups is 2. The Bertz CT molecular complexity index is 976. The van der Waals surface area contributed by atoms with Gasteiger partial charge >= 0.3 is 0 Å². The fourth-order valence-corrected chi connectivity index (χ4v) is 2.69. The highest BCUT2D eigenvalue weighted by Gasteiger charge is 2.15. The number of nitrogens with one attached hydrogen (secondary N) is 2. The Balaban J connectivity index is 1.65. The second kappa shape index (κ2) is 8.90. The molecule has 28 heavy (non-hydrogen) atoms. The van der Waals surface area contributed by atoms with Gasteiger partial charge in [0, 0.05) is 12.1 Å². The summed E-state index contributed by atoms with van der Waals surface area (Å²) in [6.45, 7) is 1.91. The highest BCUT2D eigenvalue weighted by molar-refractivity contribution is 5.96. The van der Waals surface area contributed by atoms with Crippen LogP contribution in [-0.2, 0) is 6.54 Å². The van der Waals surface area contributed by atoms with Gasteiger partial charge in [-0.25, -0.2) is 9.37 Å². The Hall–Kier alpha value is -3.54. The molecule has 142 valence electrons. The van der Waals surface area contributed by atoms with Gasteiger partial charge in [0.1, 0.15) is 17.2 Å². The van der Waals surface area contributed by atoms with Gasteiger partial charge in [0.2, 0.25) is 0 Å². The first-order valence-corrected chi connectivity index (χ1v) is 8.89. The fourth-order valence-electron chi connectivity index (χ4n) is 2.69. The third-order valence-electron chi connectivity index (χ3n) is 4.26. The second-order valence-corrected chi connectivity index (χ2v) is 6.29. The van der Waals surface area contributed by atoms with E-state index in [0.717, 1.165) is 5.56 Å². The summed E-state index contributed by atoms with van der Waals surface area (Å²) in [5.74, 6) is -1.24. The van der Waals surface area contributed by atoms with Gasteiger partial charge in [0.25, 0.3) is 11.8 Å². The maximum absolute atomic E-state index is 13.7. The summed E-state index contributed by atoms with van der Waals surface area (Å²) in [7, 11) is 0. The molecule has 0 aliphatic heterocycles. The Morgan fingerprint density at radius 3 is 2.25 bits per heavy atom. The van der Waals surface area contributed by atoms with Gasteiger partial charge in [-0.2, -0.15) is 0 Å². The number of rotatable bonds is 6. The molecule has 0 radical (unpaired) electrons. The predicted octanol–water partition coefficient (Wildman–Crippen LogP) is 3.64. The minimum atomic E-state index is -0.478. The molecule has 2 amide bonds. The molecule has 3 aromatic rings. The summed E-state index contributed by atoms with van der Waals surface area (Å²) in [6, 6.07) is 20.2. The second-order valence-electron chi connectivity index (χ2n) is 6.29. The molecule has 0 saturated carbocycles. The van der Waals surface area contributed by atoms with Crippen molar-refractivity contribution in [2.24, 2.45) is 0 Å². The molecule has 2 aromatic carbocycles. The molecule has 0 aliphatic carbocycles. The number of hydrogen-bond acceptors (Lipinski definition) is 3. The monoisotopic (exact) mass is 377 g/mol. The van der Waals surface area contributed by atoms with Crippen LogP contribution in [0.15, 0.2) is 72.8 Å². The van der Waals surface area contributed by atoms with E-state index in [-0.39, 0.29) is 29.9 Å². The molecule has 5 nitrogen and oxygen atoms in total. The van der Waals surface area contributed by atoms with E-state index in [4.69, 9.17) is 0 Å². The van der Waals surface area contributed by atoms with Crippen molar-refractivity contribution in [3.8, 4) is 0 Å². The van der Waals surface area contributed by atoms with Crippen LogP contribution in [0.4, 0.5) is 4.39 Å². The Labute approximate surface area is 162 Å². The van der Waals surface area contributed by atoms with Crippen LogP contribution in [0, 0.1) is 5.82 Å². The van der Waals surface area contributed by atoms with Crippen molar-refractivity contribution in [1.29, 1.82) is 0 Å². The number of carbonyl (C=O) groups excluding carboxylic acids is 2. The van der Waals surface area contributed by atoms with E-state index in [2.05, 4.69) is 15.6 Å². The van der Waals surface area contributed by atoms with Crippen LogP contribution in [0.25, 0.3) is 0 Å². The van der Waals surface area contributed by atoms with Gasteiger partial charge in [-0.15, -0.1) is 0 Å². The molecule has 2 N–H and O–H groups in total. The zero-order valence-corrected chi connectivity index (χ0v) is 15.4. The van der Waals surface area contributed by atoms with Gasteiger partial charge in [-0.1, -0.05) is 54.6 Å². The zero-order valence-electron chi connectivity index (χ0n) is 15.4. The van der Waals surface area contributed by atoms with Crippen molar-refractivity contribution in [2.45, 2.75) is 19.5 Å². The molecule has 1 aromatic heterocycles. The molecule has 0 spiro atoms. The van der Waals surface area contributed by atoms with Gasteiger partial charge < -0.3 is 10.6 Å². The van der Waals surface area contributed by atoms with Crippen molar-refractivity contribution < 1.29 is 14.0 Å². The van der Waals surface area contributed by atoms with Crippen molar-refractivity contribution in [3.05, 3.63) is 101 Å². The number of benzene rings is 2. The molecule has 0 fully saturated rings. The summed E-state index contributed by atoms with van der Waals surface area (Å²) in [6.07, 6.45) is 0. The average Bonchev–Trinajstić information content (AvgIpc) is 2.73. The minimum Gasteiger partial charge on any atom is -0.347 e. The topological polar surface area (TPSA) is 71.1 Å². The molecule has 6 heteroatoms. The van der Waals surface area contributed by atoms with Gasteiger partial charge in [-0.3, -0.25) is 9.59 Å². The van der Waals surface area contributed by atoms with Crippen LogP contribution in [0.5, 0.6) is 0 Å². The smallest absolute Gasteiger partial charge is 0.270 e. The Morgan fingerprint density at radius 1 is 0.893 bits per heavy atom. The van der Waals surface area contributed by atoms with E-state index in [9.17, 15) is 14.0 Å². The lowest BCUT2D eigenvalue weighted by Crippen LogP contribution is -2.29. The quantitative estimate of drug-likeness (QED) is 0.689. The summed E-state index contributed by atoms with van der Waals surface area (Å²) < 4.78 is 13.7. The predicted molar refractivity (Wildman–Crippen MR) is 104 cm³/mol. The summed E-state index contributed by atoms with van der Waals surface area (Å²) in [4.78, 5) is 28.9. The molecule has 0 saturated heterocycles. The first-order valence-electron chi connectivity index (χ1n) is 8.89. The highest BCUT2D eigenvalue weighted by atomic mass is 19.1. The first-order chi connectivity index (χ1) is 13.5. The van der Waals surface area contributed by atoms with E-state index in [0.29, 0.717) is 5.56 Å². The zero-order chi connectivity index (χ0) is 19.9. The van der Waals surface area contributed by atoms with Crippen LogP contribution in [0.3, 0.4) is 0 Å². The van der Waals surface area contributed by atoms with Gasteiger partial charge in [0.05, 0.1) is 6.04 Å². The third kappa shape index (κ3) is 4.79.